The predicted molar refractivity (Wildman–Crippen MR) is 68.2 cm³/mol. The number of nitrogens with one attached hydrogen (secondary N) is 1. The highest BCUT2D eigenvalue weighted by Gasteiger charge is 2.24. The molecule has 0 fully saturated rings. The van der Waals surface area contributed by atoms with Crippen LogP contribution in [0.1, 0.15) is 28.6 Å². The summed E-state index contributed by atoms with van der Waals surface area (Å²) < 4.78 is 29.6. The van der Waals surface area contributed by atoms with Gasteiger partial charge in [0.1, 0.15) is 11.6 Å². The van der Waals surface area contributed by atoms with E-state index in [1.807, 2.05) is 6.92 Å². The van der Waals surface area contributed by atoms with Crippen molar-refractivity contribution in [1.29, 1.82) is 0 Å². The molecule has 1 unspecified atom stereocenters. The van der Waals surface area contributed by atoms with Gasteiger partial charge in [0, 0.05) is 18.3 Å². The van der Waals surface area contributed by atoms with Crippen LogP contribution in [0.5, 0.6) is 0 Å². The maximum absolute atomic E-state index is 14.1. The number of aryl methyl sites for hydroxylation is 3. The normalized spacial score (nSPS) is 12.7. The first-order valence-electron chi connectivity index (χ1n) is 5.87. The molecule has 4 nitrogen and oxygen atoms in total. The lowest BCUT2D eigenvalue weighted by molar-refractivity contribution is 0.498. The van der Waals surface area contributed by atoms with Gasteiger partial charge >= 0.3 is 0 Å². The zero-order valence-electron chi connectivity index (χ0n) is 11.0. The molecular weight excluding hydrogens is 250 g/mol. The molecule has 1 aromatic heterocycles. The van der Waals surface area contributed by atoms with Crippen molar-refractivity contribution in [2.24, 2.45) is 12.9 Å². The van der Waals surface area contributed by atoms with Gasteiger partial charge in [0.2, 0.25) is 0 Å². The zero-order valence-corrected chi connectivity index (χ0v) is 11.0. The summed E-state index contributed by atoms with van der Waals surface area (Å²) in [4.78, 5) is 0. The topological polar surface area (TPSA) is 55.9 Å². The summed E-state index contributed by atoms with van der Waals surface area (Å²) in [7, 11) is 1.76. The standard InChI is InChI=1S/C13H16F2N4/c1-7-4-5-9(14)11(12(7)15)13(17-16)10-6-8(2)19(3)18-10/h4-6,13,17H,16H2,1-3H3. The average molecular weight is 266 g/mol. The van der Waals surface area contributed by atoms with E-state index in [9.17, 15) is 8.78 Å². The molecule has 0 spiro atoms. The molecule has 0 amide bonds. The Morgan fingerprint density at radius 1 is 1.32 bits per heavy atom. The molecule has 0 aliphatic rings. The van der Waals surface area contributed by atoms with E-state index >= 15 is 0 Å². The number of hydrazine groups is 1. The Labute approximate surface area is 110 Å². The number of halogens is 2. The van der Waals surface area contributed by atoms with Gasteiger partial charge in [-0.2, -0.15) is 5.10 Å². The minimum Gasteiger partial charge on any atom is -0.273 e. The summed E-state index contributed by atoms with van der Waals surface area (Å²) in [5.41, 5.74) is 4.04. The van der Waals surface area contributed by atoms with Gasteiger partial charge in [-0.05, 0) is 31.5 Å². The van der Waals surface area contributed by atoms with Crippen LogP contribution >= 0.6 is 0 Å². The van der Waals surface area contributed by atoms with Crippen LogP contribution in [0.2, 0.25) is 0 Å². The third kappa shape index (κ3) is 2.36. The Kier molecular flexibility index (Phi) is 3.64. The fourth-order valence-corrected chi connectivity index (χ4v) is 1.99. The van der Waals surface area contributed by atoms with Crippen molar-refractivity contribution in [1.82, 2.24) is 15.2 Å². The molecule has 1 aromatic carbocycles. The van der Waals surface area contributed by atoms with E-state index in [-0.39, 0.29) is 5.56 Å². The van der Waals surface area contributed by atoms with Crippen LogP contribution in [0.4, 0.5) is 8.78 Å². The fraction of sp³-hybridized carbons (Fsp3) is 0.308. The molecule has 1 heterocycles. The SMILES string of the molecule is Cc1ccc(F)c(C(NN)c2cc(C)n(C)n2)c1F. The highest BCUT2D eigenvalue weighted by atomic mass is 19.1. The number of nitrogens with two attached hydrogens (primary N) is 1. The molecule has 0 radical (unpaired) electrons. The first-order valence-corrected chi connectivity index (χ1v) is 5.87. The van der Waals surface area contributed by atoms with Crippen molar-refractivity contribution in [2.45, 2.75) is 19.9 Å². The highest BCUT2D eigenvalue weighted by molar-refractivity contribution is 5.34. The van der Waals surface area contributed by atoms with Crippen LogP contribution in [0.15, 0.2) is 18.2 Å². The van der Waals surface area contributed by atoms with Crippen LogP contribution in [0.25, 0.3) is 0 Å². The Morgan fingerprint density at radius 2 is 2.00 bits per heavy atom. The second kappa shape index (κ2) is 5.07. The zero-order chi connectivity index (χ0) is 14.2. The van der Waals surface area contributed by atoms with E-state index in [1.165, 1.54) is 12.1 Å². The maximum atomic E-state index is 14.1. The monoisotopic (exact) mass is 266 g/mol. The lowest BCUT2D eigenvalue weighted by atomic mass is 10.0. The number of hydrogen-bond donors (Lipinski definition) is 2. The number of hydrogen-bond acceptors (Lipinski definition) is 3. The maximum Gasteiger partial charge on any atom is 0.134 e. The third-order valence-corrected chi connectivity index (χ3v) is 3.20. The average Bonchev–Trinajstić information content (AvgIpc) is 2.70. The first kappa shape index (κ1) is 13.6. The van der Waals surface area contributed by atoms with Gasteiger partial charge in [0.25, 0.3) is 0 Å². The van der Waals surface area contributed by atoms with Gasteiger partial charge in [-0.25, -0.2) is 14.2 Å². The molecule has 2 rings (SSSR count). The molecule has 0 aliphatic heterocycles. The summed E-state index contributed by atoms with van der Waals surface area (Å²) in [6.45, 7) is 3.43. The Bertz CT molecular complexity index is 587. The van der Waals surface area contributed by atoms with Crippen LogP contribution in [0, 0.1) is 25.5 Å². The minimum atomic E-state index is -0.820. The smallest absolute Gasteiger partial charge is 0.134 e. The number of rotatable bonds is 3. The van der Waals surface area contributed by atoms with E-state index < -0.39 is 17.7 Å². The van der Waals surface area contributed by atoms with Crippen molar-refractivity contribution in [3.8, 4) is 0 Å². The number of benzene rings is 1. The molecule has 1 atom stereocenters. The second-order valence-electron chi connectivity index (χ2n) is 4.53. The van der Waals surface area contributed by atoms with Gasteiger partial charge in [0.15, 0.2) is 0 Å². The number of aromatic nitrogens is 2. The highest BCUT2D eigenvalue weighted by Crippen LogP contribution is 2.27. The number of nitrogens with zero attached hydrogens (tertiary/aromatic N) is 2. The third-order valence-electron chi connectivity index (χ3n) is 3.20. The van der Waals surface area contributed by atoms with E-state index in [4.69, 9.17) is 5.84 Å². The molecule has 0 saturated heterocycles. The molecule has 3 N–H and O–H groups in total. The molecule has 0 aliphatic carbocycles. The summed E-state index contributed by atoms with van der Waals surface area (Å²) in [5, 5.41) is 4.21. The first-order chi connectivity index (χ1) is 8.95. The van der Waals surface area contributed by atoms with Crippen molar-refractivity contribution in [3.63, 3.8) is 0 Å². The lowest BCUT2D eigenvalue weighted by Crippen LogP contribution is -2.31. The van der Waals surface area contributed by atoms with E-state index in [0.717, 1.165) is 5.69 Å². The molecule has 0 bridgehead atoms. The van der Waals surface area contributed by atoms with Gasteiger partial charge < -0.3 is 0 Å². The summed E-state index contributed by atoms with van der Waals surface area (Å²) in [6.07, 6.45) is 0. The molecule has 19 heavy (non-hydrogen) atoms. The van der Waals surface area contributed by atoms with Crippen LogP contribution in [-0.4, -0.2) is 9.78 Å². The van der Waals surface area contributed by atoms with Gasteiger partial charge in [-0.1, -0.05) is 6.07 Å². The summed E-state index contributed by atoms with van der Waals surface area (Å²) >= 11 is 0. The van der Waals surface area contributed by atoms with Crippen molar-refractivity contribution in [2.75, 3.05) is 0 Å². The minimum absolute atomic E-state index is 0.111. The second-order valence-corrected chi connectivity index (χ2v) is 4.53. The molecule has 102 valence electrons. The molecule has 2 aromatic rings. The van der Waals surface area contributed by atoms with Gasteiger partial charge in [0.05, 0.1) is 11.7 Å². The van der Waals surface area contributed by atoms with Gasteiger partial charge in [-0.3, -0.25) is 10.5 Å². The Morgan fingerprint density at radius 3 is 2.53 bits per heavy atom. The fourth-order valence-electron chi connectivity index (χ4n) is 1.99. The largest absolute Gasteiger partial charge is 0.273 e. The predicted octanol–water partition coefficient (Wildman–Crippen LogP) is 1.87. The Balaban J connectivity index is 2.57. The van der Waals surface area contributed by atoms with E-state index in [2.05, 4.69) is 10.5 Å². The van der Waals surface area contributed by atoms with Crippen molar-refractivity contribution >= 4 is 0 Å². The van der Waals surface area contributed by atoms with Gasteiger partial charge in [-0.15, -0.1) is 0 Å². The van der Waals surface area contributed by atoms with Crippen LogP contribution in [0.3, 0.4) is 0 Å². The summed E-state index contributed by atoms with van der Waals surface area (Å²) in [6, 6.07) is 3.55. The van der Waals surface area contributed by atoms with Crippen LogP contribution in [-0.2, 0) is 7.05 Å². The van der Waals surface area contributed by atoms with Crippen LogP contribution < -0.4 is 11.3 Å². The van der Waals surface area contributed by atoms with Crippen molar-refractivity contribution < 1.29 is 8.78 Å². The van der Waals surface area contributed by atoms with E-state index in [1.54, 1.807) is 24.7 Å². The lowest BCUT2D eigenvalue weighted by Gasteiger charge is -2.16. The Hall–Kier alpha value is -1.79. The quantitative estimate of drug-likeness (QED) is 0.658. The van der Waals surface area contributed by atoms with E-state index in [0.29, 0.717) is 11.3 Å². The molecule has 0 saturated carbocycles. The van der Waals surface area contributed by atoms with Crippen molar-refractivity contribution in [3.05, 3.63) is 52.3 Å². The molecular formula is C13H16F2N4. The summed E-state index contributed by atoms with van der Waals surface area (Å²) in [5.74, 6) is 4.20. The molecule has 6 heteroatoms.